The molecule has 0 aliphatic carbocycles. The number of methoxy groups -OCH3 is 2. The molecule has 0 aliphatic heterocycles. The standard InChI is InChI=1S/C9H16N4O3S/c1-4-17(14)6-5-10-7-11-8(15-2)13-9(12-7)16-3/h4-6H2,1-3H3,(H,10,11,12,13). The minimum atomic E-state index is -0.811. The topological polar surface area (TPSA) is 86.2 Å². The molecule has 0 aliphatic rings. The fourth-order valence-electron chi connectivity index (χ4n) is 1.02. The summed E-state index contributed by atoms with van der Waals surface area (Å²) >= 11 is 0. The van der Waals surface area contributed by atoms with Gasteiger partial charge in [-0.25, -0.2) is 0 Å². The van der Waals surface area contributed by atoms with E-state index in [0.29, 0.717) is 24.0 Å². The fourth-order valence-corrected chi connectivity index (χ4v) is 1.64. The highest BCUT2D eigenvalue weighted by atomic mass is 32.2. The van der Waals surface area contributed by atoms with Gasteiger partial charge in [0.15, 0.2) is 0 Å². The molecule has 1 aromatic rings. The van der Waals surface area contributed by atoms with Crippen molar-refractivity contribution in [2.45, 2.75) is 6.92 Å². The van der Waals surface area contributed by atoms with Crippen molar-refractivity contribution in [1.82, 2.24) is 15.0 Å². The molecule has 0 aromatic carbocycles. The van der Waals surface area contributed by atoms with Gasteiger partial charge in [-0.1, -0.05) is 6.92 Å². The van der Waals surface area contributed by atoms with Crippen molar-refractivity contribution in [3.8, 4) is 12.0 Å². The van der Waals surface area contributed by atoms with Crippen molar-refractivity contribution in [2.75, 3.05) is 37.6 Å². The van der Waals surface area contributed by atoms with E-state index < -0.39 is 10.8 Å². The molecule has 0 saturated heterocycles. The third-order valence-electron chi connectivity index (χ3n) is 1.89. The molecule has 1 aromatic heterocycles. The summed E-state index contributed by atoms with van der Waals surface area (Å²) in [5.74, 6) is 1.54. The van der Waals surface area contributed by atoms with Gasteiger partial charge in [-0.3, -0.25) is 4.21 Å². The van der Waals surface area contributed by atoms with Gasteiger partial charge in [-0.05, 0) is 0 Å². The van der Waals surface area contributed by atoms with Crippen molar-refractivity contribution in [1.29, 1.82) is 0 Å². The van der Waals surface area contributed by atoms with Crippen LogP contribution >= 0.6 is 0 Å². The first-order valence-electron chi connectivity index (χ1n) is 5.12. The number of rotatable bonds is 7. The van der Waals surface area contributed by atoms with Crippen LogP contribution in [0.5, 0.6) is 12.0 Å². The van der Waals surface area contributed by atoms with Crippen LogP contribution in [0.3, 0.4) is 0 Å². The summed E-state index contributed by atoms with van der Waals surface area (Å²) in [5.41, 5.74) is 0. The first-order chi connectivity index (χ1) is 8.19. The van der Waals surface area contributed by atoms with E-state index in [-0.39, 0.29) is 12.0 Å². The molecule has 1 atom stereocenters. The zero-order valence-corrected chi connectivity index (χ0v) is 10.9. The van der Waals surface area contributed by atoms with Gasteiger partial charge in [0.2, 0.25) is 5.95 Å². The number of aromatic nitrogens is 3. The Labute approximate surface area is 102 Å². The van der Waals surface area contributed by atoms with Crippen LogP contribution < -0.4 is 14.8 Å². The molecule has 96 valence electrons. The van der Waals surface area contributed by atoms with E-state index in [1.54, 1.807) is 0 Å². The van der Waals surface area contributed by atoms with Crippen LogP contribution in [0.4, 0.5) is 5.95 Å². The Kier molecular flexibility index (Phi) is 5.61. The number of ether oxygens (including phenoxy) is 2. The van der Waals surface area contributed by atoms with Gasteiger partial charge in [0.25, 0.3) is 0 Å². The minimum Gasteiger partial charge on any atom is -0.467 e. The third kappa shape index (κ3) is 4.51. The van der Waals surface area contributed by atoms with Crippen LogP contribution in [0.15, 0.2) is 0 Å². The zero-order valence-electron chi connectivity index (χ0n) is 10.1. The lowest BCUT2D eigenvalue weighted by atomic mass is 10.7. The van der Waals surface area contributed by atoms with Gasteiger partial charge in [-0.15, -0.1) is 4.98 Å². The molecule has 1 heterocycles. The van der Waals surface area contributed by atoms with E-state index in [2.05, 4.69) is 20.3 Å². The molecule has 17 heavy (non-hydrogen) atoms. The number of nitrogens with zero attached hydrogens (tertiary/aromatic N) is 3. The van der Waals surface area contributed by atoms with E-state index in [4.69, 9.17) is 9.47 Å². The van der Waals surface area contributed by atoms with Crippen LogP contribution in [0.25, 0.3) is 0 Å². The predicted octanol–water partition coefficient (Wildman–Crippen LogP) is 0.0693. The summed E-state index contributed by atoms with van der Waals surface area (Å²) in [6.45, 7) is 2.40. The van der Waals surface area contributed by atoms with Gasteiger partial charge in [0, 0.05) is 28.9 Å². The van der Waals surface area contributed by atoms with Crippen LogP contribution in [-0.2, 0) is 10.8 Å². The maximum absolute atomic E-state index is 11.2. The summed E-state index contributed by atoms with van der Waals surface area (Å²) in [5, 5.41) is 2.94. The van der Waals surface area contributed by atoms with Crippen LogP contribution in [0, 0.1) is 0 Å². The van der Waals surface area contributed by atoms with E-state index in [9.17, 15) is 4.21 Å². The zero-order chi connectivity index (χ0) is 12.7. The smallest absolute Gasteiger partial charge is 0.324 e. The number of hydrogen-bond donors (Lipinski definition) is 1. The SMILES string of the molecule is CCS(=O)CCNc1nc(OC)nc(OC)n1. The minimum absolute atomic E-state index is 0.177. The van der Waals surface area contributed by atoms with Gasteiger partial charge in [0.1, 0.15) is 0 Å². The van der Waals surface area contributed by atoms with E-state index in [1.807, 2.05) is 6.92 Å². The van der Waals surface area contributed by atoms with Crippen molar-refractivity contribution in [2.24, 2.45) is 0 Å². The van der Waals surface area contributed by atoms with Crippen molar-refractivity contribution < 1.29 is 13.7 Å². The predicted molar refractivity (Wildman–Crippen MR) is 65.0 cm³/mol. The largest absolute Gasteiger partial charge is 0.467 e. The number of hydrogen-bond acceptors (Lipinski definition) is 7. The van der Waals surface area contributed by atoms with Crippen molar-refractivity contribution >= 4 is 16.7 Å². The Morgan fingerprint density at radius 3 is 2.24 bits per heavy atom. The molecular weight excluding hydrogens is 244 g/mol. The second kappa shape index (κ2) is 7.00. The quantitative estimate of drug-likeness (QED) is 0.742. The normalized spacial score (nSPS) is 11.9. The molecule has 0 amide bonds. The average Bonchev–Trinajstić information content (AvgIpc) is 2.37. The van der Waals surface area contributed by atoms with Crippen molar-refractivity contribution in [3.63, 3.8) is 0 Å². The first kappa shape index (κ1) is 13.6. The Morgan fingerprint density at radius 1 is 1.18 bits per heavy atom. The summed E-state index contributed by atoms with van der Waals surface area (Å²) in [6.07, 6.45) is 0. The maximum Gasteiger partial charge on any atom is 0.324 e. The van der Waals surface area contributed by atoms with Crippen LogP contribution in [0.1, 0.15) is 6.92 Å². The van der Waals surface area contributed by atoms with E-state index >= 15 is 0 Å². The summed E-state index contributed by atoms with van der Waals surface area (Å²) < 4.78 is 21.0. The Balaban J connectivity index is 2.60. The van der Waals surface area contributed by atoms with Gasteiger partial charge in [-0.2, -0.15) is 9.97 Å². The molecule has 0 fully saturated rings. The van der Waals surface area contributed by atoms with E-state index in [1.165, 1.54) is 14.2 Å². The van der Waals surface area contributed by atoms with Gasteiger partial charge < -0.3 is 14.8 Å². The lowest BCUT2D eigenvalue weighted by Gasteiger charge is -2.06. The molecule has 7 nitrogen and oxygen atoms in total. The third-order valence-corrected chi connectivity index (χ3v) is 3.20. The summed E-state index contributed by atoms with van der Waals surface area (Å²) in [6, 6.07) is 0.354. The molecule has 8 heteroatoms. The number of nitrogens with one attached hydrogen (secondary N) is 1. The molecular formula is C9H16N4O3S. The molecule has 1 N–H and O–H groups in total. The summed E-state index contributed by atoms with van der Waals surface area (Å²) in [4.78, 5) is 11.8. The second-order valence-corrected chi connectivity index (χ2v) is 4.86. The Morgan fingerprint density at radius 2 is 1.76 bits per heavy atom. The Hall–Kier alpha value is -1.44. The lowest BCUT2D eigenvalue weighted by Crippen LogP contribution is -2.14. The molecule has 0 spiro atoms. The highest BCUT2D eigenvalue weighted by Crippen LogP contribution is 2.11. The lowest BCUT2D eigenvalue weighted by molar-refractivity contribution is 0.341. The van der Waals surface area contributed by atoms with E-state index in [0.717, 1.165) is 0 Å². The molecule has 1 rings (SSSR count). The highest BCUT2D eigenvalue weighted by molar-refractivity contribution is 7.84. The average molecular weight is 260 g/mol. The molecule has 0 saturated carbocycles. The first-order valence-corrected chi connectivity index (χ1v) is 6.61. The fraction of sp³-hybridized carbons (Fsp3) is 0.667. The summed E-state index contributed by atoms with van der Waals surface area (Å²) in [7, 11) is 2.11. The van der Waals surface area contributed by atoms with Gasteiger partial charge >= 0.3 is 12.0 Å². The van der Waals surface area contributed by atoms with Crippen molar-refractivity contribution in [3.05, 3.63) is 0 Å². The highest BCUT2D eigenvalue weighted by Gasteiger charge is 2.06. The molecule has 0 bridgehead atoms. The maximum atomic E-state index is 11.2. The van der Waals surface area contributed by atoms with Crippen LogP contribution in [0.2, 0.25) is 0 Å². The molecule has 0 radical (unpaired) electrons. The Bertz CT molecular complexity index is 366. The molecule has 1 unspecified atom stereocenters. The second-order valence-electron chi connectivity index (χ2n) is 2.99. The number of anilines is 1. The monoisotopic (exact) mass is 260 g/mol. The van der Waals surface area contributed by atoms with Gasteiger partial charge in [0.05, 0.1) is 14.2 Å². The van der Waals surface area contributed by atoms with Crippen LogP contribution in [-0.4, -0.2) is 51.4 Å².